The van der Waals surface area contributed by atoms with Gasteiger partial charge in [0.1, 0.15) is 0 Å². The molecule has 0 saturated heterocycles. The molecular formula is C40H72O8Sn. The first-order valence-corrected chi connectivity index (χ1v) is 25.5. The molecule has 0 heterocycles. The number of aliphatic carboxylic acids is 4. The summed E-state index contributed by atoms with van der Waals surface area (Å²) in [6.07, 6.45) is 30.7. The van der Waals surface area contributed by atoms with E-state index in [1.807, 2.05) is 0 Å². The quantitative estimate of drug-likeness (QED) is 0.0453. The minimum absolute atomic E-state index is 0.159. The molecule has 284 valence electrons. The first kappa shape index (κ1) is 51.5. The van der Waals surface area contributed by atoms with Crippen molar-refractivity contribution in [2.75, 3.05) is 0 Å². The third-order valence-corrected chi connectivity index (χ3v) is 14.1. The zero-order valence-electron chi connectivity index (χ0n) is 31.9. The average Bonchev–Trinajstić information content (AvgIpc) is 3.05. The van der Waals surface area contributed by atoms with Crippen molar-refractivity contribution < 1.29 is 39.6 Å². The summed E-state index contributed by atoms with van der Waals surface area (Å²) in [5.74, 6) is -5.78. The van der Waals surface area contributed by atoms with Gasteiger partial charge >= 0.3 is 69.5 Å². The van der Waals surface area contributed by atoms with Crippen molar-refractivity contribution in [2.24, 2.45) is 0 Å². The average molecular weight is 800 g/mol. The second-order valence-electron chi connectivity index (χ2n) is 13.2. The molecule has 0 spiro atoms. The topological polar surface area (TPSA) is 161 Å². The standard InChI is InChI=1S/2C16H28O4.2C4H9.Sn.2H/c2*1-2-3-4-5-6-7-8-9-10-11-12-14(16(19)20)13-15(17)18;2*1-3-4-2;;;/h2*13H,2-12H2,1H3,(H,17,18)(H,19,20);2*1,3-4H2,2H3;;;/q;;;;+4;;/p-4/b2*14-13-;;;;;. The van der Waals surface area contributed by atoms with Crippen molar-refractivity contribution in [3.05, 3.63) is 23.3 Å². The molecule has 0 bridgehead atoms. The molecule has 0 unspecified atom stereocenters. The van der Waals surface area contributed by atoms with Crippen LogP contribution in [0.2, 0.25) is 8.87 Å². The van der Waals surface area contributed by atoms with Crippen molar-refractivity contribution in [1.82, 2.24) is 0 Å². The fourth-order valence-electron chi connectivity index (χ4n) is 5.39. The van der Waals surface area contributed by atoms with Gasteiger partial charge in [-0.2, -0.15) is 0 Å². The minimum atomic E-state index is -1.48. The molecule has 8 nitrogen and oxygen atoms in total. The molecule has 0 aromatic heterocycles. The Kier molecular flexibility index (Phi) is 44.5. The Hall–Kier alpha value is -1.84. The first-order valence-electron chi connectivity index (χ1n) is 19.8. The molecule has 0 aliphatic carbocycles. The van der Waals surface area contributed by atoms with Gasteiger partial charge < -0.3 is 39.6 Å². The van der Waals surface area contributed by atoms with E-state index in [1.165, 1.54) is 103 Å². The van der Waals surface area contributed by atoms with Crippen molar-refractivity contribution in [3.8, 4) is 0 Å². The monoisotopic (exact) mass is 800 g/mol. The van der Waals surface area contributed by atoms with Crippen LogP contribution >= 0.6 is 0 Å². The number of carbonyl (C=O) groups is 4. The normalized spacial score (nSPS) is 11.3. The third-order valence-electron chi connectivity index (χ3n) is 8.41. The second kappa shape index (κ2) is 42.3. The van der Waals surface area contributed by atoms with Crippen molar-refractivity contribution in [2.45, 2.75) is 204 Å². The van der Waals surface area contributed by atoms with E-state index in [0.29, 0.717) is 25.0 Å². The Morgan fingerprint density at radius 3 is 0.857 bits per heavy atom. The van der Waals surface area contributed by atoms with Gasteiger partial charge in [-0.25, -0.2) is 0 Å². The predicted molar refractivity (Wildman–Crippen MR) is 197 cm³/mol. The van der Waals surface area contributed by atoms with Gasteiger partial charge in [-0.05, 0) is 49.0 Å². The van der Waals surface area contributed by atoms with Gasteiger partial charge in [0.15, 0.2) is 0 Å². The molecular weight excluding hydrogens is 727 g/mol. The number of unbranched alkanes of at least 4 members (excludes halogenated alkanes) is 20. The van der Waals surface area contributed by atoms with E-state index in [1.54, 1.807) is 8.87 Å². The number of hydrogen-bond acceptors (Lipinski definition) is 8. The van der Waals surface area contributed by atoms with Crippen LogP contribution in [0.3, 0.4) is 0 Å². The van der Waals surface area contributed by atoms with Crippen LogP contribution in [0.1, 0.15) is 195 Å². The van der Waals surface area contributed by atoms with Crippen molar-refractivity contribution in [1.29, 1.82) is 0 Å². The van der Waals surface area contributed by atoms with Gasteiger partial charge in [-0.1, -0.05) is 129 Å². The number of carboxylic acid groups (broad SMARTS) is 4. The SMILES string of the molecule is CCCCCCCCCCCC/C(=C/C(=O)[O-])C(=O)[O-].CCCCCCCCCCCC/C(=C/C(=O)[O-])C(=O)[O-].CCC[CH2][SnH2+4][CH2]CCC. The molecule has 0 N–H and O–H groups in total. The zero-order chi connectivity index (χ0) is 37.4. The summed E-state index contributed by atoms with van der Waals surface area (Å²) in [5, 5.41) is 41.9. The molecule has 0 aliphatic rings. The molecule has 0 rings (SSSR count). The first-order chi connectivity index (χ1) is 23.6. The van der Waals surface area contributed by atoms with E-state index >= 15 is 0 Å². The Morgan fingerprint density at radius 2 is 0.633 bits per heavy atom. The number of rotatable bonds is 32. The summed E-state index contributed by atoms with van der Waals surface area (Å²) < 4.78 is 3.33. The Balaban J connectivity index is -0.000000695. The van der Waals surface area contributed by atoms with Gasteiger partial charge in [0.2, 0.25) is 0 Å². The Bertz CT molecular complexity index is 785. The fraction of sp³-hybridized carbons (Fsp3) is 0.800. The molecule has 0 atom stereocenters. The molecule has 0 aromatic carbocycles. The number of carbonyl (C=O) groups excluding carboxylic acids is 4. The van der Waals surface area contributed by atoms with Crippen LogP contribution in [-0.2, 0) is 19.2 Å². The van der Waals surface area contributed by atoms with E-state index in [4.69, 9.17) is 0 Å². The van der Waals surface area contributed by atoms with Crippen LogP contribution in [-0.4, -0.2) is 45.0 Å². The fourth-order valence-corrected chi connectivity index (χ4v) is 11.3. The van der Waals surface area contributed by atoms with E-state index in [-0.39, 0.29) is 45.1 Å². The van der Waals surface area contributed by atoms with Crippen molar-refractivity contribution >= 4 is 45.0 Å². The summed E-state index contributed by atoms with van der Waals surface area (Å²) >= 11 is -0.159. The Labute approximate surface area is 310 Å². The van der Waals surface area contributed by atoms with Gasteiger partial charge in [0, 0.05) is 0 Å². The molecule has 0 amide bonds. The van der Waals surface area contributed by atoms with E-state index < -0.39 is 23.9 Å². The predicted octanol–water partition coefficient (Wildman–Crippen LogP) is 6.04. The number of hydrogen-bond donors (Lipinski definition) is 0. The van der Waals surface area contributed by atoms with Gasteiger partial charge in [0.05, 0.1) is 23.9 Å². The van der Waals surface area contributed by atoms with Gasteiger partial charge in [-0.3, -0.25) is 0 Å². The summed E-state index contributed by atoms with van der Waals surface area (Å²) in [6.45, 7) is 9.00. The molecule has 0 fully saturated rings. The van der Waals surface area contributed by atoms with Crippen LogP contribution in [0.5, 0.6) is 0 Å². The summed E-state index contributed by atoms with van der Waals surface area (Å²) in [4.78, 5) is 41.9. The summed E-state index contributed by atoms with van der Waals surface area (Å²) in [6, 6.07) is 0. The van der Waals surface area contributed by atoms with E-state index in [0.717, 1.165) is 38.5 Å². The maximum atomic E-state index is 10.7. The molecule has 0 aliphatic heterocycles. The van der Waals surface area contributed by atoms with Gasteiger partial charge in [0.25, 0.3) is 0 Å². The molecule has 4 radical (unpaired) electrons. The van der Waals surface area contributed by atoms with Crippen LogP contribution in [0.25, 0.3) is 0 Å². The second-order valence-corrected chi connectivity index (χ2v) is 19.2. The van der Waals surface area contributed by atoms with Crippen LogP contribution in [0.4, 0.5) is 0 Å². The zero-order valence-corrected chi connectivity index (χ0v) is 36.0. The number of carboxylic acids is 4. The molecule has 9 heteroatoms. The van der Waals surface area contributed by atoms with Crippen LogP contribution in [0.15, 0.2) is 23.3 Å². The van der Waals surface area contributed by atoms with Crippen LogP contribution < -0.4 is 20.4 Å². The summed E-state index contributed by atoms with van der Waals surface area (Å²) in [7, 11) is 0. The van der Waals surface area contributed by atoms with Crippen LogP contribution in [0, 0.1) is 0 Å². The Morgan fingerprint density at radius 1 is 0.388 bits per heavy atom. The third kappa shape index (κ3) is 46.2. The van der Waals surface area contributed by atoms with E-state index in [2.05, 4.69) is 27.7 Å². The maximum absolute atomic E-state index is 10.7. The molecule has 0 aromatic rings. The molecule has 49 heavy (non-hydrogen) atoms. The summed E-state index contributed by atoms with van der Waals surface area (Å²) in [5.41, 5.74) is -0.353. The van der Waals surface area contributed by atoms with Gasteiger partial charge in [-0.15, -0.1) is 0 Å². The molecule has 0 saturated carbocycles. The van der Waals surface area contributed by atoms with E-state index in [9.17, 15) is 39.6 Å². The van der Waals surface area contributed by atoms with Crippen molar-refractivity contribution in [3.63, 3.8) is 0 Å².